The van der Waals surface area contributed by atoms with Gasteiger partial charge in [0.15, 0.2) is 5.78 Å². The lowest BCUT2D eigenvalue weighted by Gasteiger charge is -2.08. The van der Waals surface area contributed by atoms with Gasteiger partial charge in [0.1, 0.15) is 5.76 Å². The molecular weight excluding hydrogens is 156 g/mol. The molecule has 0 saturated heterocycles. The highest BCUT2D eigenvalue weighted by molar-refractivity contribution is 6.48. The van der Waals surface area contributed by atoms with Crippen LogP contribution in [0.25, 0.3) is 0 Å². The first-order chi connectivity index (χ1) is 5.06. The fourth-order valence-corrected chi connectivity index (χ4v) is 1.32. The van der Waals surface area contributed by atoms with Crippen LogP contribution in [0.15, 0.2) is 24.5 Å². The van der Waals surface area contributed by atoms with Gasteiger partial charge in [0.25, 0.3) is 0 Å². The van der Waals surface area contributed by atoms with Crippen molar-refractivity contribution in [1.29, 1.82) is 0 Å². The molecule has 0 aliphatic heterocycles. The molecule has 0 aromatic heterocycles. The van der Waals surface area contributed by atoms with Gasteiger partial charge in [-0.1, -0.05) is 6.58 Å². The molecule has 0 radical (unpaired) electrons. The van der Waals surface area contributed by atoms with E-state index in [-0.39, 0.29) is 5.78 Å². The summed E-state index contributed by atoms with van der Waals surface area (Å²) >= 11 is 0. The monoisotopic (exact) mass is 170 g/mol. The van der Waals surface area contributed by atoms with E-state index in [0.29, 0.717) is 5.76 Å². The summed E-state index contributed by atoms with van der Waals surface area (Å²) < 4.78 is 5.37. The van der Waals surface area contributed by atoms with Gasteiger partial charge in [-0.05, 0) is 26.1 Å². The summed E-state index contributed by atoms with van der Waals surface area (Å²) in [5, 5.41) is 0. The van der Waals surface area contributed by atoms with Gasteiger partial charge in [-0.3, -0.25) is 4.79 Å². The van der Waals surface area contributed by atoms with Crippen molar-refractivity contribution in [2.45, 2.75) is 20.0 Å². The molecule has 2 nitrogen and oxygen atoms in total. The second-order valence-corrected chi connectivity index (χ2v) is 4.86. The first-order valence-corrected chi connectivity index (χ1v) is 6.35. The number of rotatable bonds is 4. The molecule has 0 spiro atoms. The van der Waals surface area contributed by atoms with Crippen molar-refractivity contribution in [2.24, 2.45) is 0 Å². The van der Waals surface area contributed by atoms with Crippen LogP contribution in [0.1, 0.15) is 6.92 Å². The molecule has 0 bridgehead atoms. The predicted octanol–water partition coefficient (Wildman–Crippen LogP) is 1.65. The zero-order chi connectivity index (χ0) is 8.85. The summed E-state index contributed by atoms with van der Waals surface area (Å²) in [6.07, 6.45) is 3.02. The van der Waals surface area contributed by atoms with E-state index < -0.39 is 9.04 Å². The third kappa shape index (κ3) is 5.60. The van der Waals surface area contributed by atoms with E-state index in [1.807, 2.05) is 13.1 Å². The summed E-state index contributed by atoms with van der Waals surface area (Å²) in [5.41, 5.74) is 0. The summed E-state index contributed by atoms with van der Waals surface area (Å²) in [6, 6.07) is 0. The van der Waals surface area contributed by atoms with Crippen LogP contribution in [-0.4, -0.2) is 14.8 Å². The van der Waals surface area contributed by atoms with Gasteiger partial charge in [-0.15, -0.1) is 0 Å². The zero-order valence-corrected chi connectivity index (χ0v) is 8.41. The zero-order valence-electron chi connectivity index (χ0n) is 7.26. The third-order valence-corrected chi connectivity index (χ3v) is 1.66. The summed E-state index contributed by atoms with van der Waals surface area (Å²) in [4.78, 5) is 10.6. The number of carbonyl (C=O) groups is 1. The fraction of sp³-hybridized carbons (Fsp3) is 0.375. The van der Waals surface area contributed by atoms with Gasteiger partial charge in [0.05, 0.1) is 0 Å². The molecule has 0 saturated carbocycles. The normalized spacial score (nSPS) is 11.5. The van der Waals surface area contributed by atoms with Gasteiger partial charge >= 0.3 is 0 Å². The highest BCUT2D eigenvalue weighted by Crippen LogP contribution is 2.00. The van der Waals surface area contributed by atoms with Crippen molar-refractivity contribution in [3.05, 3.63) is 24.5 Å². The second kappa shape index (κ2) is 4.90. The number of ketones is 1. The van der Waals surface area contributed by atoms with Crippen LogP contribution in [0.2, 0.25) is 13.1 Å². The van der Waals surface area contributed by atoms with Crippen LogP contribution in [-0.2, 0) is 9.22 Å². The molecule has 0 heterocycles. The molecule has 0 aliphatic carbocycles. The average Bonchev–Trinajstić information content (AvgIpc) is 1.84. The van der Waals surface area contributed by atoms with E-state index in [4.69, 9.17) is 4.43 Å². The van der Waals surface area contributed by atoms with E-state index in [1.165, 1.54) is 13.0 Å². The molecule has 0 aromatic rings. The Labute approximate surface area is 69.3 Å². The molecule has 0 fully saturated rings. The lowest BCUT2D eigenvalue weighted by Crippen LogP contribution is -2.06. The smallest absolute Gasteiger partial charge is 0.229 e. The Bertz CT molecular complexity index is 183. The van der Waals surface area contributed by atoms with Gasteiger partial charge in [0, 0.05) is 6.08 Å². The largest absolute Gasteiger partial charge is 0.547 e. The molecule has 0 amide bonds. The Morgan fingerprint density at radius 2 is 2.09 bits per heavy atom. The molecule has 11 heavy (non-hydrogen) atoms. The van der Waals surface area contributed by atoms with Crippen molar-refractivity contribution in [1.82, 2.24) is 0 Å². The molecular formula is C8H14O2Si. The lowest BCUT2D eigenvalue weighted by atomic mass is 10.3. The topological polar surface area (TPSA) is 26.3 Å². The van der Waals surface area contributed by atoms with E-state index in [0.717, 1.165) is 0 Å². The molecule has 0 N–H and O–H groups in total. The third-order valence-electron chi connectivity index (χ3n) is 0.918. The highest BCUT2D eigenvalue weighted by Gasteiger charge is 1.98. The van der Waals surface area contributed by atoms with Crippen molar-refractivity contribution in [2.75, 3.05) is 0 Å². The van der Waals surface area contributed by atoms with Crippen LogP contribution in [0.5, 0.6) is 0 Å². The lowest BCUT2D eigenvalue weighted by molar-refractivity contribution is -0.112. The minimum absolute atomic E-state index is 0.00505. The SMILES string of the molecule is C=C/C(=C/C(C)=O)O[SiH](C)C. The molecule has 3 heteroatoms. The Balaban J connectivity index is 4.16. The minimum Gasteiger partial charge on any atom is -0.547 e. The molecule has 0 aromatic carbocycles. The Morgan fingerprint density at radius 1 is 1.55 bits per heavy atom. The van der Waals surface area contributed by atoms with E-state index in [2.05, 4.69) is 6.58 Å². The molecule has 62 valence electrons. The molecule has 0 unspecified atom stereocenters. The quantitative estimate of drug-likeness (QED) is 0.277. The fourth-order valence-electron chi connectivity index (χ4n) is 0.614. The standard InChI is InChI=1S/C8H14O2Si/c1-5-8(6-7(2)9)10-11(3)4/h5-6,11H,1H2,2-4H3/b8-6-. The maximum absolute atomic E-state index is 10.6. The van der Waals surface area contributed by atoms with Crippen molar-refractivity contribution in [3.63, 3.8) is 0 Å². The van der Waals surface area contributed by atoms with Gasteiger partial charge in [-0.2, -0.15) is 0 Å². The average molecular weight is 170 g/mol. The second-order valence-electron chi connectivity index (χ2n) is 2.53. The first-order valence-electron chi connectivity index (χ1n) is 3.57. The van der Waals surface area contributed by atoms with E-state index in [9.17, 15) is 4.79 Å². The van der Waals surface area contributed by atoms with Gasteiger partial charge in [-0.25, -0.2) is 0 Å². The van der Waals surface area contributed by atoms with Gasteiger partial charge < -0.3 is 4.43 Å². The summed E-state index contributed by atoms with van der Waals surface area (Å²) in [5.74, 6) is 0.591. The maximum atomic E-state index is 10.6. The molecule has 0 aliphatic rings. The summed E-state index contributed by atoms with van der Waals surface area (Å²) in [6.45, 7) is 9.12. The number of hydrogen-bond acceptors (Lipinski definition) is 2. The van der Waals surface area contributed by atoms with E-state index in [1.54, 1.807) is 6.08 Å². The number of hydrogen-bond donors (Lipinski definition) is 0. The molecule has 0 atom stereocenters. The maximum Gasteiger partial charge on any atom is 0.229 e. The Morgan fingerprint density at radius 3 is 2.36 bits per heavy atom. The minimum atomic E-state index is -1.10. The number of allylic oxidation sites excluding steroid dienone is 2. The van der Waals surface area contributed by atoms with Crippen molar-refractivity contribution < 1.29 is 9.22 Å². The molecule has 0 rings (SSSR count). The van der Waals surface area contributed by atoms with Crippen LogP contribution in [0.3, 0.4) is 0 Å². The van der Waals surface area contributed by atoms with Crippen LogP contribution < -0.4 is 0 Å². The van der Waals surface area contributed by atoms with Crippen molar-refractivity contribution in [3.8, 4) is 0 Å². The van der Waals surface area contributed by atoms with Crippen LogP contribution in [0, 0.1) is 0 Å². The van der Waals surface area contributed by atoms with E-state index >= 15 is 0 Å². The Kier molecular flexibility index (Phi) is 4.53. The summed E-state index contributed by atoms with van der Waals surface area (Å²) in [7, 11) is -1.10. The van der Waals surface area contributed by atoms with Gasteiger partial charge in [0.2, 0.25) is 9.04 Å². The predicted molar refractivity (Wildman–Crippen MR) is 48.9 cm³/mol. The van der Waals surface area contributed by atoms with Crippen LogP contribution in [0.4, 0.5) is 0 Å². The van der Waals surface area contributed by atoms with Crippen molar-refractivity contribution >= 4 is 14.8 Å². The van der Waals surface area contributed by atoms with Crippen LogP contribution >= 0.6 is 0 Å². The Hall–Kier alpha value is -0.833. The first kappa shape index (κ1) is 10.2. The highest BCUT2D eigenvalue weighted by atomic mass is 28.3. The number of carbonyl (C=O) groups excluding carboxylic acids is 1.